The molecule has 3 N–H and O–H groups in total. The fraction of sp³-hybridized carbons (Fsp3) is 0.500. The summed E-state index contributed by atoms with van der Waals surface area (Å²) in [5.41, 5.74) is 1.44. The van der Waals surface area contributed by atoms with E-state index in [1.54, 1.807) is 19.1 Å². The summed E-state index contributed by atoms with van der Waals surface area (Å²) in [6.07, 6.45) is 0. The monoisotopic (exact) mass is 292 g/mol. The van der Waals surface area contributed by atoms with E-state index >= 15 is 0 Å². The number of aryl methyl sites for hydroxylation is 1. The molecule has 0 aliphatic rings. The number of amides is 2. The smallest absolute Gasteiger partial charge is 0.336 e. The van der Waals surface area contributed by atoms with Crippen molar-refractivity contribution in [3.05, 3.63) is 29.3 Å². The number of aromatic carboxylic acids is 1. The number of rotatable bonds is 4. The number of anilines is 1. The first-order chi connectivity index (χ1) is 9.61. The standard InChI is InChI=1S/C16H24N2O3/c1-10-6-7-12(8-13(10)14(19)20)18-15(21)17-9-11(2)16(3,4)5/h6-8,11H,9H2,1-5H3,(H,19,20)(H2,17,18,21). The molecule has 0 saturated carbocycles. The van der Waals surface area contributed by atoms with Crippen molar-refractivity contribution in [3.63, 3.8) is 0 Å². The maximum absolute atomic E-state index is 11.8. The van der Waals surface area contributed by atoms with Gasteiger partial charge in [-0.1, -0.05) is 33.8 Å². The highest BCUT2D eigenvalue weighted by molar-refractivity contribution is 5.94. The zero-order valence-electron chi connectivity index (χ0n) is 13.3. The van der Waals surface area contributed by atoms with E-state index in [0.717, 1.165) is 0 Å². The lowest BCUT2D eigenvalue weighted by atomic mass is 9.82. The van der Waals surface area contributed by atoms with Gasteiger partial charge in [0.25, 0.3) is 0 Å². The van der Waals surface area contributed by atoms with E-state index < -0.39 is 5.97 Å². The zero-order valence-corrected chi connectivity index (χ0v) is 13.3. The van der Waals surface area contributed by atoms with E-state index in [-0.39, 0.29) is 17.0 Å². The molecule has 1 rings (SSSR count). The highest BCUT2D eigenvalue weighted by Crippen LogP contribution is 2.24. The topological polar surface area (TPSA) is 78.4 Å². The normalized spacial score (nSPS) is 12.6. The lowest BCUT2D eigenvalue weighted by Crippen LogP contribution is -2.36. The maximum Gasteiger partial charge on any atom is 0.336 e. The number of hydrogen-bond acceptors (Lipinski definition) is 2. The van der Waals surface area contributed by atoms with Crippen LogP contribution in [-0.4, -0.2) is 23.7 Å². The van der Waals surface area contributed by atoms with Gasteiger partial charge in [0, 0.05) is 12.2 Å². The van der Waals surface area contributed by atoms with Crippen molar-refractivity contribution in [2.75, 3.05) is 11.9 Å². The van der Waals surface area contributed by atoms with Crippen molar-refractivity contribution in [1.29, 1.82) is 0 Å². The summed E-state index contributed by atoms with van der Waals surface area (Å²) in [6.45, 7) is 10.7. The number of nitrogens with one attached hydrogen (secondary N) is 2. The summed E-state index contributed by atoms with van der Waals surface area (Å²) in [5, 5.41) is 14.5. The second-order valence-corrected chi connectivity index (χ2v) is 6.44. The third-order valence-corrected chi connectivity index (χ3v) is 3.77. The van der Waals surface area contributed by atoms with Crippen LogP contribution in [0.3, 0.4) is 0 Å². The second kappa shape index (κ2) is 6.61. The van der Waals surface area contributed by atoms with Gasteiger partial charge in [-0.3, -0.25) is 0 Å². The maximum atomic E-state index is 11.8. The van der Waals surface area contributed by atoms with Crippen LogP contribution in [0.2, 0.25) is 0 Å². The molecule has 1 unspecified atom stereocenters. The van der Waals surface area contributed by atoms with Crippen LogP contribution in [-0.2, 0) is 0 Å². The van der Waals surface area contributed by atoms with Crippen molar-refractivity contribution in [1.82, 2.24) is 5.32 Å². The zero-order chi connectivity index (χ0) is 16.2. The van der Waals surface area contributed by atoms with Crippen LogP contribution in [0.15, 0.2) is 18.2 Å². The Balaban J connectivity index is 2.64. The molecule has 21 heavy (non-hydrogen) atoms. The number of urea groups is 1. The highest BCUT2D eigenvalue weighted by atomic mass is 16.4. The van der Waals surface area contributed by atoms with Crippen LogP contribution >= 0.6 is 0 Å². The van der Waals surface area contributed by atoms with Crippen LogP contribution in [0, 0.1) is 18.3 Å². The third-order valence-electron chi connectivity index (χ3n) is 3.77. The van der Waals surface area contributed by atoms with Crippen LogP contribution in [0.1, 0.15) is 43.6 Å². The number of carboxylic acid groups (broad SMARTS) is 1. The molecule has 0 fully saturated rings. The van der Waals surface area contributed by atoms with Gasteiger partial charge in [-0.25, -0.2) is 9.59 Å². The lowest BCUT2D eigenvalue weighted by Gasteiger charge is -2.27. The van der Waals surface area contributed by atoms with Crippen molar-refractivity contribution < 1.29 is 14.7 Å². The molecule has 5 nitrogen and oxygen atoms in total. The van der Waals surface area contributed by atoms with Gasteiger partial charge in [-0.2, -0.15) is 0 Å². The Morgan fingerprint density at radius 1 is 1.29 bits per heavy atom. The molecule has 1 atom stereocenters. The molecular weight excluding hydrogens is 268 g/mol. The van der Waals surface area contributed by atoms with E-state index in [1.165, 1.54) is 6.07 Å². The van der Waals surface area contributed by atoms with Gasteiger partial charge in [0.15, 0.2) is 0 Å². The molecule has 0 radical (unpaired) electrons. The lowest BCUT2D eigenvalue weighted by molar-refractivity contribution is 0.0696. The molecular formula is C16H24N2O3. The first-order valence-corrected chi connectivity index (χ1v) is 7.00. The fourth-order valence-corrected chi connectivity index (χ4v) is 1.66. The summed E-state index contributed by atoms with van der Waals surface area (Å²) < 4.78 is 0. The van der Waals surface area contributed by atoms with E-state index in [9.17, 15) is 9.59 Å². The predicted octanol–water partition coefficient (Wildman–Crippen LogP) is 3.50. The van der Waals surface area contributed by atoms with Gasteiger partial charge < -0.3 is 15.7 Å². The van der Waals surface area contributed by atoms with Gasteiger partial charge in [0.1, 0.15) is 0 Å². The Morgan fingerprint density at radius 2 is 1.90 bits per heavy atom. The number of carbonyl (C=O) groups excluding carboxylic acids is 1. The van der Waals surface area contributed by atoms with Gasteiger partial charge in [0.05, 0.1) is 5.56 Å². The predicted molar refractivity (Wildman–Crippen MR) is 83.8 cm³/mol. The van der Waals surface area contributed by atoms with E-state index in [4.69, 9.17) is 5.11 Å². The van der Waals surface area contributed by atoms with Gasteiger partial charge in [-0.15, -0.1) is 0 Å². The first-order valence-electron chi connectivity index (χ1n) is 7.00. The summed E-state index contributed by atoms with van der Waals surface area (Å²) >= 11 is 0. The summed E-state index contributed by atoms with van der Waals surface area (Å²) in [4.78, 5) is 22.9. The SMILES string of the molecule is Cc1ccc(NC(=O)NCC(C)C(C)(C)C)cc1C(=O)O. The summed E-state index contributed by atoms with van der Waals surface area (Å²) in [5.74, 6) is -0.672. The molecule has 5 heteroatoms. The van der Waals surface area contributed by atoms with Crippen LogP contribution in [0.5, 0.6) is 0 Å². The molecule has 116 valence electrons. The Morgan fingerprint density at radius 3 is 2.43 bits per heavy atom. The fourth-order valence-electron chi connectivity index (χ4n) is 1.66. The molecule has 0 heterocycles. The van der Waals surface area contributed by atoms with E-state index in [0.29, 0.717) is 23.7 Å². The molecule has 0 saturated heterocycles. The van der Waals surface area contributed by atoms with Crippen molar-refractivity contribution in [3.8, 4) is 0 Å². The van der Waals surface area contributed by atoms with Crippen molar-refractivity contribution >= 4 is 17.7 Å². The third kappa shape index (κ3) is 5.10. The minimum atomic E-state index is -1.00. The molecule has 1 aromatic carbocycles. The largest absolute Gasteiger partial charge is 0.478 e. The van der Waals surface area contributed by atoms with Crippen molar-refractivity contribution in [2.24, 2.45) is 11.3 Å². The Hall–Kier alpha value is -2.04. The molecule has 0 aromatic heterocycles. The molecule has 2 amide bonds. The van der Waals surface area contributed by atoms with E-state index in [2.05, 4.69) is 38.3 Å². The Kier molecular flexibility index (Phi) is 5.35. The van der Waals surface area contributed by atoms with Crippen LogP contribution in [0.4, 0.5) is 10.5 Å². The van der Waals surface area contributed by atoms with E-state index in [1.807, 2.05) is 0 Å². The van der Waals surface area contributed by atoms with Crippen LogP contribution in [0.25, 0.3) is 0 Å². The van der Waals surface area contributed by atoms with Gasteiger partial charge in [0.2, 0.25) is 0 Å². The Labute approximate surface area is 125 Å². The average molecular weight is 292 g/mol. The molecule has 1 aromatic rings. The molecule has 0 spiro atoms. The highest BCUT2D eigenvalue weighted by Gasteiger charge is 2.20. The summed E-state index contributed by atoms with van der Waals surface area (Å²) in [6, 6.07) is 4.50. The van der Waals surface area contributed by atoms with Gasteiger partial charge in [-0.05, 0) is 36.0 Å². The molecule has 0 aliphatic carbocycles. The molecule has 0 aliphatic heterocycles. The first kappa shape index (κ1) is 17.0. The second-order valence-electron chi connectivity index (χ2n) is 6.44. The van der Waals surface area contributed by atoms with Crippen LogP contribution < -0.4 is 10.6 Å². The average Bonchev–Trinajstić information content (AvgIpc) is 2.36. The number of carbonyl (C=O) groups is 2. The molecule has 0 bridgehead atoms. The number of benzene rings is 1. The van der Waals surface area contributed by atoms with Crippen molar-refractivity contribution in [2.45, 2.75) is 34.6 Å². The Bertz CT molecular complexity index is 533. The minimum absolute atomic E-state index is 0.119. The van der Waals surface area contributed by atoms with Gasteiger partial charge >= 0.3 is 12.0 Å². The number of carboxylic acids is 1. The minimum Gasteiger partial charge on any atom is -0.478 e. The summed E-state index contributed by atoms with van der Waals surface area (Å²) in [7, 11) is 0. The number of hydrogen-bond donors (Lipinski definition) is 3. The quantitative estimate of drug-likeness (QED) is 0.794.